The van der Waals surface area contributed by atoms with E-state index >= 15 is 0 Å². The van der Waals surface area contributed by atoms with Crippen LogP contribution in [0, 0.1) is 0 Å². The Morgan fingerprint density at radius 1 is 1.52 bits per heavy atom. The number of allylic oxidation sites excluding steroid dienone is 1. The van der Waals surface area contributed by atoms with E-state index < -0.39 is 0 Å². The van der Waals surface area contributed by atoms with Crippen molar-refractivity contribution in [2.45, 2.75) is 32.9 Å². The van der Waals surface area contributed by atoms with Crippen LogP contribution >= 0.6 is 0 Å². The van der Waals surface area contributed by atoms with Crippen molar-refractivity contribution in [3.63, 3.8) is 0 Å². The first kappa shape index (κ1) is 19.4. The van der Waals surface area contributed by atoms with Gasteiger partial charge in [0.15, 0.2) is 0 Å². The van der Waals surface area contributed by atoms with E-state index in [1.54, 1.807) is 20.9 Å². The number of nitrogens with one attached hydrogen (secondary N) is 3. The molecular formula is C15H28N4O4. The Hall–Kier alpha value is -1.64. The van der Waals surface area contributed by atoms with E-state index in [2.05, 4.69) is 20.9 Å². The standard InChI is InChI=1S/C15H28N4O4/c1-10(8-20)18-15(21)19-12(3)11(2)14(16-4)23-9-13-7-17-5-6-22-13/h10,13,17,20H,5-9H2,1-4H3,(H2,18,19,21)/b12-11+,16-14+/t10-,13?/m1/s1. The number of amides is 2. The topological polar surface area (TPSA) is 104 Å². The molecule has 4 N–H and O–H groups in total. The zero-order valence-corrected chi connectivity index (χ0v) is 14.3. The molecule has 1 rings (SSSR count). The Labute approximate surface area is 137 Å². The average molecular weight is 328 g/mol. The third-order valence-corrected chi connectivity index (χ3v) is 3.45. The second-order valence-corrected chi connectivity index (χ2v) is 5.47. The first-order chi connectivity index (χ1) is 11.0. The van der Waals surface area contributed by atoms with E-state index in [1.807, 2.05) is 6.92 Å². The highest BCUT2D eigenvalue weighted by Gasteiger charge is 2.16. The fourth-order valence-electron chi connectivity index (χ4n) is 1.97. The second-order valence-electron chi connectivity index (χ2n) is 5.47. The number of rotatable bonds is 6. The molecule has 1 aliphatic heterocycles. The lowest BCUT2D eigenvalue weighted by Gasteiger charge is -2.24. The van der Waals surface area contributed by atoms with Gasteiger partial charge in [0, 0.05) is 31.4 Å². The van der Waals surface area contributed by atoms with Gasteiger partial charge < -0.3 is 30.5 Å². The summed E-state index contributed by atoms with van der Waals surface area (Å²) in [5.74, 6) is 0.465. The fraction of sp³-hybridized carbons (Fsp3) is 0.733. The third kappa shape index (κ3) is 6.98. The van der Waals surface area contributed by atoms with Gasteiger partial charge in [-0.05, 0) is 20.8 Å². The lowest BCUT2D eigenvalue weighted by Crippen LogP contribution is -2.42. The number of hydrogen-bond acceptors (Lipinski definition) is 6. The lowest BCUT2D eigenvalue weighted by molar-refractivity contribution is -0.00260. The molecule has 1 fully saturated rings. The molecule has 0 aromatic heterocycles. The summed E-state index contributed by atoms with van der Waals surface area (Å²) in [6, 6.07) is -0.687. The van der Waals surface area contributed by atoms with E-state index in [4.69, 9.17) is 14.6 Å². The smallest absolute Gasteiger partial charge is 0.319 e. The van der Waals surface area contributed by atoms with Crippen LogP contribution in [-0.2, 0) is 9.47 Å². The van der Waals surface area contributed by atoms with Crippen molar-refractivity contribution < 1.29 is 19.4 Å². The number of ether oxygens (including phenoxy) is 2. The van der Waals surface area contributed by atoms with Crippen molar-refractivity contribution in [3.8, 4) is 0 Å². The Morgan fingerprint density at radius 2 is 2.26 bits per heavy atom. The predicted octanol–water partition coefficient (Wildman–Crippen LogP) is -0.00640. The molecule has 2 amide bonds. The van der Waals surface area contributed by atoms with Crippen LogP contribution in [0.5, 0.6) is 0 Å². The number of urea groups is 1. The summed E-state index contributed by atoms with van der Waals surface area (Å²) < 4.78 is 11.3. The molecule has 0 aromatic carbocycles. The number of aliphatic hydroxyl groups excluding tert-OH is 1. The number of carbonyl (C=O) groups excluding carboxylic acids is 1. The maximum Gasteiger partial charge on any atom is 0.319 e. The molecule has 0 saturated carbocycles. The Bertz CT molecular complexity index is 445. The normalized spacial score (nSPS) is 21.3. The van der Waals surface area contributed by atoms with Crippen LogP contribution < -0.4 is 16.0 Å². The van der Waals surface area contributed by atoms with Crippen LogP contribution in [0.3, 0.4) is 0 Å². The average Bonchev–Trinajstić information content (AvgIpc) is 2.55. The molecule has 1 unspecified atom stereocenters. The van der Waals surface area contributed by atoms with Gasteiger partial charge >= 0.3 is 6.03 Å². The van der Waals surface area contributed by atoms with Crippen molar-refractivity contribution in [3.05, 3.63) is 11.3 Å². The van der Waals surface area contributed by atoms with Crippen molar-refractivity contribution in [1.29, 1.82) is 0 Å². The van der Waals surface area contributed by atoms with Crippen molar-refractivity contribution in [2.24, 2.45) is 4.99 Å². The molecule has 8 heteroatoms. The molecule has 2 atom stereocenters. The van der Waals surface area contributed by atoms with Crippen molar-refractivity contribution in [2.75, 3.05) is 40.0 Å². The van der Waals surface area contributed by atoms with Crippen LogP contribution in [-0.4, -0.2) is 69.1 Å². The second kappa shape index (κ2) is 10.2. The summed E-state index contributed by atoms with van der Waals surface area (Å²) in [5, 5.41) is 17.5. The van der Waals surface area contributed by atoms with Gasteiger partial charge in [-0.2, -0.15) is 0 Å². The third-order valence-electron chi connectivity index (χ3n) is 3.45. The van der Waals surface area contributed by atoms with Crippen molar-refractivity contribution in [1.82, 2.24) is 16.0 Å². The van der Waals surface area contributed by atoms with E-state index in [1.165, 1.54) is 0 Å². The first-order valence-electron chi connectivity index (χ1n) is 7.76. The molecule has 23 heavy (non-hydrogen) atoms. The zero-order valence-electron chi connectivity index (χ0n) is 14.3. The van der Waals surface area contributed by atoms with Gasteiger partial charge in [0.05, 0.1) is 19.3 Å². The lowest BCUT2D eigenvalue weighted by atomic mass is 10.2. The van der Waals surface area contributed by atoms with E-state index in [-0.39, 0.29) is 24.8 Å². The zero-order chi connectivity index (χ0) is 17.2. The van der Waals surface area contributed by atoms with Gasteiger partial charge in [-0.3, -0.25) is 4.99 Å². The molecular weight excluding hydrogens is 300 g/mol. The van der Waals surface area contributed by atoms with Gasteiger partial charge in [-0.15, -0.1) is 0 Å². The Morgan fingerprint density at radius 3 is 2.83 bits per heavy atom. The van der Waals surface area contributed by atoms with E-state index in [9.17, 15) is 4.79 Å². The number of aliphatic imine (C=N–C) groups is 1. The molecule has 0 spiro atoms. The fourth-order valence-corrected chi connectivity index (χ4v) is 1.97. The van der Waals surface area contributed by atoms with Gasteiger partial charge in [-0.1, -0.05) is 0 Å². The molecule has 1 saturated heterocycles. The monoisotopic (exact) mass is 328 g/mol. The van der Waals surface area contributed by atoms with Crippen LogP contribution in [0.1, 0.15) is 20.8 Å². The summed E-state index contributed by atoms with van der Waals surface area (Å²) >= 11 is 0. The summed E-state index contributed by atoms with van der Waals surface area (Å²) in [6.45, 7) is 7.87. The van der Waals surface area contributed by atoms with Crippen LogP contribution in [0.2, 0.25) is 0 Å². The predicted molar refractivity (Wildman–Crippen MR) is 88.5 cm³/mol. The number of hydrogen-bond donors (Lipinski definition) is 4. The van der Waals surface area contributed by atoms with Crippen LogP contribution in [0.25, 0.3) is 0 Å². The van der Waals surface area contributed by atoms with E-state index in [0.29, 0.717) is 24.8 Å². The number of carbonyl (C=O) groups is 1. The molecule has 0 radical (unpaired) electrons. The molecule has 8 nitrogen and oxygen atoms in total. The van der Waals surface area contributed by atoms with Gasteiger partial charge in [0.25, 0.3) is 0 Å². The molecule has 132 valence electrons. The highest BCUT2D eigenvalue weighted by atomic mass is 16.5. The summed E-state index contributed by atoms with van der Waals surface area (Å²) in [4.78, 5) is 15.9. The Balaban J connectivity index is 2.55. The minimum Gasteiger partial charge on any atom is -0.475 e. The van der Waals surface area contributed by atoms with Crippen LogP contribution in [0.4, 0.5) is 4.79 Å². The maximum atomic E-state index is 11.8. The molecule has 0 bridgehead atoms. The van der Waals surface area contributed by atoms with Gasteiger partial charge in [0.2, 0.25) is 5.90 Å². The quantitative estimate of drug-likeness (QED) is 0.406. The van der Waals surface area contributed by atoms with Gasteiger partial charge in [0.1, 0.15) is 12.7 Å². The van der Waals surface area contributed by atoms with Crippen LogP contribution in [0.15, 0.2) is 16.3 Å². The summed E-state index contributed by atoms with van der Waals surface area (Å²) in [6.07, 6.45) is -0.00438. The summed E-state index contributed by atoms with van der Waals surface area (Å²) in [7, 11) is 1.64. The first-order valence-corrected chi connectivity index (χ1v) is 7.76. The van der Waals surface area contributed by atoms with Crippen molar-refractivity contribution >= 4 is 11.9 Å². The highest BCUT2D eigenvalue weighted by Crippen LogP contribution is 2.07. The maximum absolute atomic E-state index is 11.8. The minimum atomic E-state index is -0.376. The molecule has 0 aliphatic carbocycles. The largest absolute Gasteiger partial charge is 0.475 e. The minimum absolute atomic E-state index is 0.00438. The molecule has 1 heterocycles. The number of morpholine rings is 1. The van der Waals surface area contributed by atoms with E-state index in [0.717, 1.165) is 18.7 Å². The molecule has 1 aliphatic rings. The molecule has 0 aromatic rings. The van der Waals surface area contributed by atoms with Gasteiger partial charge in [-0.25, -0.2) is 4.79 Å². The highest BCUT2D eigenvalue weighted by molar-refractivity contribution is 5.94. The number of nitrogens with zero attached hydrogens (tertiary/aromatic N) is 1. The Kier molecular flexibility index (Phi) is 8.60. The summed E-state index contributed by atoms with van der Waals surface area (Å²) in [5.41, 5.74) is 1.37. The number of aliphatic hydroxyl groups is 1. The SMILES string of the molecule is C/N=C(OCC1CNCCO1)\C(C)=C(/C)NC(=O)N[C@H](C)CO.